The van der Waals surface area contributed by atoms with Crippen molar-refractivity contribution in [3.8, 4) is 0 Å². The van der Waals surface area contributed by atoms with Crippen molar-refractivity contribution in [3.63, 3.8) is 0 Å². The van der Waals surface area contributed by atoms with E-state index in [2.05, 4.69) is 13.8 Å². The molecule has 1 aliphatic heterocycles. The lowest BCUT2D eigenvalue weighted by molar-refractivity contribution is -0.117. The van der Waals surface area contributed by atoms with Gasteiger partial charge in [0.15, 0.2) is 5.78 Å². The van der Waals surface area contributed by atoms with Gasteiger partial charge < -0.3 is 20.3 Å². The minimum Gasteiger partial charge on any atom is -0.444 e. The van der Waals surface area contributed by atoms with Gasteiger partial charge in [0.25, 0.3) is 0 Å². The summed E-state index contributed by atoms with van der Waals surface area (Å²) in [5.74, 6) is 0.453. The molecule has 0 aromatic heterocycles. The molecule has 0 aromatic carbocycles. The third-order valence-corrected chi connectivity index (χ3v) is 3.37. The summed E-state index contributed by atoms with van der Waals surface area (Å²) >= 11 is 0. The molecule has 0 aromatic rings. The van der Waals surface area contributed by atoms with E-state index >= 15 is 0 Å². The number of ketones is 1. The van der Waals surface area contributed by atoms with Gasteiger partial charge in [0.05, 0.1) is 6.54 Å². The molecule has 0 saturated carbocycles. The van der Waals surface area contributed by atoms with Gasteiger partial charge in [-0.2, -0.15) is 0 Å². The molecule has 0 spiro atoms. The molecule has 0 aliphatic carbocycles. The van der Waals surface area contributed by atoms with E-state index < -0.39 is 11.7 Å². The van der Waals surface area contributed by atoms with Gasteiger partial charge in [-0.15, -0.1) is 0 Å². The number of rotatable bonds is 4. The first kappa shape index (κ1) is 20.8. The number of carbonyl (C=O) groups is 2. The molecule has 6 heteroatoms. The number of nitrogens with zero attached hydrogens (tertiary/aromatic N) is 2. The van der Waals surface area contributed by atoms with Crippen molar-refractivity contribution in [3.05, 3.63) is 35.8 Å². The Labute approximate surface area is 151 Å². The number of allylic oxidation sites excluding steroid dienone is 2. The van der Waals surface area contributed by atoms with Crippen LogP contribution >= 0.6 is 0 Å². The fourth-order valence-corrected chi connectivity index (χ4v) is 2.23. The SMILES string of the molecule is CC(C)/C=C\C(N)=C/N(C)/C=C1\CN(C(=O)OC(C)(C)C)CCC1=O. The first-order valence-corrected chi connectivity index (χ1v) is 8.57. The number of nitrogens with two attached hydrogens (primary N) is 1. The lowest BCUT2D eigenvalue weighted by Gasteiger charge is -2.31. The van der Waals surface area contributed by atoms with Crippen molar-refractivity contribution in [2.24, 2.45) is 11.7 Å². The highest BCUT2D eigenvalue weighted by Crippen LogP contribution is 2.17. The summed E-state index contributed by atoms with van der Waals surface area (Å²) in [5, 5.41) is 0. The third-order valence-electron chi connectivity index (χ3n) is 3.37. The molecule has 2 N–H and O–H groups in total. The highest BCUT2D eigenvalue weighted by Gasteiger charge is 2.28. The van der Waals surface area contributed by atoms with E-state index in [4.69, 9.17) is 10.5 Å². The van der Waals surface area contributed by atoms with Crippen LogP contribution in [-0.2, 0) is 9.53 Å². The lowest BCUT2D eigenvalue weighted by Crippen LogP contribution is -2.43. The standard InChI is InChI=1S/C19H31N3O3/c1-14(2)7-8-16(20)13-21(6)11-15-12-22(10-9-17(15)23)18(24)25-19(3,4)5/h7-8,11,13-14H,9-10,12,20H2,1-6H3/b8-7-,15-11+,16-13+. The van der Waals surface area contributed by atoms with Gasteiger partial charge in [-0.05, 0) is 32.8 Å². The Kier molecular flexibility index (Phi) is 7.27. The quantitative estimate of drug-likeness (QED) is 0.624. The predicted octanol–water partition coefficient (Wildman–Crippen LogP) is 3.02. The number of likely N-dealkylation sites (tertiary alicyclic amines) is 1. The van der Waals surface area contributed by atoms with Crippen molar-refractivity contribution in [1.29, 1.82) is 0 Å². The van der Waals surface area contributed by atoms with Crippen LogP contribution in [0.1, 0.15) is 41.0 Å². The second-order valence-corrected chi connectivity index (χ2v) is 7.63. The summed E-state index contributed by atoms with van der Waals surface area (Å²) in [6.45, 7) is 10.2. The largest absolute Gasteiger partial charge is 0.444 e. The summed E-state index contributed by atoms with van der Waals surface area (Å²) in [6.07, 6.45) is 7.20. The van der Waals surface area contributed by atoms with Gasteiger partial charge in [-0.1, -0.05) is 19.9 Å². The van der Waals surface area contributed by atoms with E-state index in [0.29, 0.717) is 30.2 Å². The maximum atomic E-state index is 12.2. The van der Waals surface area contributed by atoms with E-state index in [1.165, 1.54) is 0 Å². The monoisotopic (exact) mass is 349 g/mol. The number of hydrogen-bond donors (Lipinski definition) is 1. The van der Waals surface area contributed by atoms with Crippen LogP contribution in [0.5, 0.6) is 0 Å². The van der Waals surface area contributed by atoms with E-state index in [-0.39, 0.29) is 12.3 Å². The molecule has 6 nitrogen and oxygen atoms in total. The number of Topliss-reactive ketones (excluding diaryl/α,β-unsaturated/α-hetero) is 1. The van der Waals surface area contributed by atoms with E-state index in [9.17, 15) is 9.59 Å². The maximum Gasteiger partial charge on any atom is 0.410 e. The van der Waals surface area contributed by atoms with E-state index in [1.807, 2.05) is 40.0 Å². The van der Waals surface area contributed by atoms with Crippen LogP contribution in [0.25, 0.3) is 0 Å². The topological polar surface area (TPSA) is 75.9 Å². The molecule has 1 amide bonds. The number of carbonyl (C=O) groups excluding carboxylic acids is 2. The molecule has 0 radical (unpaired) electrons. The van der Waals surface area contributed by atoms with Crippen molar-refractivity contribution < 1.29 is 14.3 Å². The first-order valence-electron chi connectivity index (χ1n) is 8.57. The predicted molar refractivity (Wildman–Crippen MR) is 99.5 cm³/mol. The molecular weight excluding hydrogens is 318 g/mol. The highest BCUT2D eigenvalue weighted by molar-refractivity contribution is 5.97. The molecule has 0 bridgehead atoms. The highest BCUT2D eigenvalue weighted by atomic mass is 16.6. The summed E-state index contributed by atoms with van der Waals surface area (Å²) in [5.41, 5.74) is 6.55. The fraction of sp³-hybridized carbons (Fsp3) is 0.579. The Morgan fingerprint density at radius 1 is 1.36 bits per heavy atom. The molecule has 1 fully saturated rings. The smallest absolute Gasteiger partial charge is 0.410 e. The van der Waals surface area contributed by atoms with Gasteiger partial charge in [0, 0.05) is 43.7 Å². The second kappa shape index (κ2) is 8.74. The lowest BCUT2D eigenvalue weighted by atomic mass is 10.0. The fourth-order valence-electron chi connectivity index (χ4n) is 2.23. The maximum absolute atomic E-state index is 12.2. The Balaban J connectivity index is 2.80. The molecule has 1 saturated heterocycles. The van der Waals surface area contributed by atoms with Crippen LogP contribution in [0.2, 0.25) is 0 Å². The minimum atomic E-state index is -0.556. The van der Waals surface area contributed by atoms with Crippen LogP contribution < -0.4 is 5.73 Å². The minimum absolute atomic E-state index is 0.0383. The van der Waals surface area contributed by atoms with Gasteiger partial charge in [-0.3, -0.25) is 4.79 Å². The molecule has 25 heavy (non-hydrogen) atoms. The molecule has 0 atom stereocenters. The normalized spacial score (nSPS) is 18.4. The zero-order chi connectivity index (χ0) is 19.2. The van der Waals surface area contributed by atoms with Crippen LogP contribution in [0.4, 0.5) is 4.79 Å². The number of ether oxygens (including phenoxy) is 1. The summed E-state index contributed by atoms with van der Waals surface area (Å²) in [4.78, 5) is 27.6. The number of piperidine rings is 1. The third kappa shape index (κ3) is 7.92. The Bertz CT molecular complexity index is 583. The second-order valence-electron chi connectivity index (χ2n) is 7.63. The van der Waals surface area contributed by atoms with Gasteiger partial charge in [-0.25, -0.2) is 4.79 Å². The van der Waals surface area contributed by atoms with Gasteiger partial charge in [0.1, 0.15) is 5.60 Å². The number of amides is 1. The van der Waals surface area contributed by atoms with Crippen molar-refractivity contribution in [2.75, 3.05) is 20.1 Å². The summed E-state index contributed by atoms with van der Waals surface area (Å²) < 4.78 is 5.38. The molecule has 1 heterocycles. The molecule has 1 rings (SSSR count). The van der Waals surface area contributed by atoms with Gasteiger partial charge in [0.2, 0.25) is 0 Å². The van der Waals surface area contributed by atoms with Crippen LogP contribution in [0, 0.1) is 5.92 Å². The van der Waals surface area contributed by atoms with Crippen LogP contribution in [0.15, 0.2) is 35.8 Å². The van der Waals surface area contributed by atoms with Crippen molar-refractivity contribution in [2.45, 2.75) is 46.6 Å². The Hall–Kier alpha value is -2.24. The van der Waals surface area contributed by atoms with Crippen molar-refractivity contribution >= 4 is 11.9 Å². The van der Waals surface area contributed by atoms with Crippen LogP contribution in [0.3, 0.4) is 0 Å². The zero-order valence-electron chi connectivity index (χ0n) is 16.2. The number of hydrogen-bond acceptors (Lipinski definition) is 5. The zero-order valence-corrected chi connectivity index (χ0v) is 16.2. The summed E-state index contributed by atoms with van der Waals surface area (Å²) in [6, 6.07) is 0. The van der Waals surface area contributed by atoms with E-state index in [0.717, 1.165) is 0 Å². The molecule has 1 aliphatic rings. The van der Waals surface area contributed by atoms with E-state index in [1.54, 1.807) is 22.2 Å². The Morgan fingerprint density at radius 3 is 2.56 bits per heavy atom. The molecular formula is C19H31N3O3. The average molecular weight is 349 g/mol. The molecule has 140 valence electrons. The summed E-state index contributed by atoms with van der Waals surface area (Å²) in [7, 11) is 1.81. The first-order chi connectivity index (χ1) is 11.5. The van der Waals surface area contributed by atoms with Crippen molar-refractivity contribution in [1.82, 2.24) is 9.80 Å². The van der Waals surface area contributed by atoms with Gasteiger partial charge >= 0.3 is 6.09 Å². The van der Waals surface area contributed by atoms with Crippen LogP contribution in [-0.4, -0.2) is 47.4 Å². The average Bonchev–Trinajstić information content (AvgIpc) is 2.45. The molecule has 0 unspecified atom stereocenters. The Morgan fingerprint density at radius 2 is 2.00 bits per heavy atom.